The van der Waals surface area contributed by atoms with Crippen molar-refractivity contribution < 1.29 is 9.47 Å². The van der Waals surface area contributed by atoms with Crippen LogP contribution in [0, 0.1) is 11.8 Å². The van der Waals surface area contributed by atoms with Gasteiger partial charge in [0.05, 0.1) is 6.61 Å². The van der Waals surface area contributed by atoms with Crippen LogP contribution in [0.5, 0.6) is 5.75 Å². The molecule has 0 aliphatic heterocycles. The second-order valence-corrected chi connectivity index (χ2v) is 6.74. The third-order valence-corrected chi connectivity index (χ3v) is 4.32. The summed E-state index contributed by atoms with van der Waals surface area (Å²) in [5.74, 6) is 7.32. The fourth-order valence-corrected chi connectivity index (χ4v) is 2.75. The topological polar surface area (TPSA) is 18.5 Å². The molecule has 0 saturated carbocycles. The minimum absolute atomic E-state index is 0.579. The van der Waals surface area contributed by atoms with E-state index in [9.17, 15) is 0 Å². The van der Waals surface area contributed by atoms with Crippen molar-refractivity contribution in [1.29, 1.82) is 0 Å². The van der Waals surface area contributed by atoms with Gasteiger partial charge in [-0.1, -0.05) is 57.1 Å². The van der Waals surface area contributed by atoms with Crippen molar-refractivity contribution in [2.75, 3.05) is 19.8 Å². The molecule has 0 heterocycles. The molecule has 2 rings (SSSR count). The van der Waals surface area contributed by atoms with Crippen LogP contribution >= 0.6 is 0 Å². The predicted octanol–water partition coefficient (Wildman–Crippen LogP) is 6.01. The largest absolute Gasteiger partial charge is 0.491 e. The van der Waals surface area contributed by atoms with Gasteiger partial charge < -0.3 is 9.47 Å². The van der Waals surface area contributed by atoms with Gasteiger partial charge in [-0.3, -0.25) is 0 Å². The van der Waals surface area contributed by atoms with Gasteiger partial charge in [0.1, 0.15) is 12.4 Å². The maximum absolute atomic E-state index is 5.66. The van der Waals surface area contributed by atoms with E-state index in [0.717, 1.165) is 29.9 Å². The average Bonchev–Trinajstić information content (AvgIpc) is 2.71. The minimum atomic E-state index is 0.579. The molecule has 0 aliphatic carbocycles. The van der Waals surface area contributed by atoms with Gasteiger partial charge in [0, 0.05) is 17.7 Å². The highest BCUT2D eigenvalue weighted by molar-refractivity contribution is 5.44. The van der Waals surface area contributed by atoms with Crippen LogP contribution in [0.3, 0.4) is 0 Å². The Bertz CT molecular complexity index is 690. The fraction of sp³-hybridized carbons (Fsp3) is 0.440. The van der Waals surface area contributed by atoms with Crippen molar-refractivity contribution in [3.63, 3.8) is 0 Å². The summed E-state index contributed by atoms with van der Waals surface area (Å²) in [4.78, 5) is 0. The predicted molar refractivity (Wildman–Crippen MR) is 113 cm³/mol. The summed E-state index contributed by atoms with van der Waals surface area (Å²) in [6.45, 7) is 6.35. The average molecular weight is 365 g/mol. The highest BCUT2D eigenvalue weighted by Crippen LogP contribution is 2.12. The Labute approximate surface area is 164 Å². The zero-order chi connectivity index (χ0) is 19.2. The van der Waals surface area contributed by atoms with E-state index >= 15 is 0 Å². The molecule has 0 unspecified atom stereocenters. The molecule has 2 nitrogen and oxygen atoms in total. The van der Waals surface area contributed by atoms with E-state index in [1.165, 1.54) is 37.7 Å². The molecule has 0 fully saturated rings. The van der Waals surface area contributed by atoms with E-state index in [-0.39, 0.29) is 0 Å². The lowest BCUT2D eigenvalue weighted by molar-refractivity contribution is 0.101. The van der Waals surface area contributed by atoms with Crippen molar-refractivity contribution in [2.24, 2.45) is 0 Å². The monoisotopic (exact) mass is 364 g/mol. The Balaban J connectivity index is 1.79. The van der Waals surface area contributed by atoms with E-state index in [4.69, 9.17) is 9.47 Å². The SMILES string of the molecule is CCCCCCc1ccc(C#Cc2ccc(OCCOCCC)cc2)cc1. The zero-order valence-corrected chi connectivity index (χ0v) is 16.8. The van der Waals surface area contributed by atoms with Crippen LogP contribution in [0.15, 0.2) is 48.5 Å². The summed E-state index contributed by atoms with van der Waals surface area (Å²) in [5.41, 5.74) is 3.45. The van der Waals surface area contributed by atoms with E-state index in [0.29, 0.717) is 13.2 Å². The third-order valence-electron chi connectivity index (χ3n) is 4.32. The van der Waals surface area contributed by atoms with Crippen LogP contribution in [-0.2, 0) is 11.2 Å². The highest BCUT2D eigenvalue weighted by Gasteiger charge is 1.96. The Morgan fingerprint density at radius 1 is 0.667 bits per heavy atom. The van der Waals surface area contributed by atoms with Gasteiger partial charge in [-0.2, -0.15) is 0 Å². The normalized spacial score (nSPS) is 10.3. The van der Waals surface area contributed by atoms with Gasteiger partial charge in [-0.15, -0.1) is 0 Å². The first-order valence-electron chi connectivity index (χ1n) is 10.2. The molecule has 2 aromatic rings. The van der Waals surface area contributed by atoms with Crippen LogP contribution in [0.2, 0.25) is 0 Å². The lowest BCUT2D eigenvalue weighted by Gasteiger charge is -2.06. The summed E-state index contributed by atoms with van der Waals surface area (Å²) in [5, 5.41) is 0. The molecule has 144 valence electrons. The first-order valence-corrected chi connectivity index (χ1v) is 10.2. The Morgan fingerprint density at radius 2 is 1.33 bits per heavy atom. The lowest BCUT2D eigenvalue weighted by Crippen LogP contribution is -2.06. The number of aryl methyl sites for hydroxylation is 1. The molecule has 0 bridgehead atoms. The van der Waals surface area contributed by atoms with E-state index in [1.807, 2.05) is 24.3 Å². The van der Waals surface area contributed by atoms with E-state index in [1.54, 1.807) is 0 Å². The highest BCUT2D eigenvalue weighted by atomic mass is 16.5. The Hall–Kier alpha value is -2.24. The minimum Gasteiger partial charge on any atom is -0.491 e. The van der Waals surface area contributed by atoms with Crippen molar-refractivity contribution in [1.82, 2.24) is 0 Å². The van der Waals surface area contributed by atoms with Crippen molar-refractivity contribution >= 4 is 0 Å². The van der Waals surface area contributed by atoms with E-state index in [2.05, 4.69) is 50.0 Å². The fourth-order valence-electron chi connectivity index (χ4n) is 2.75. The van der Waals surface area contributed by atoms with Crippen LogP contribution in [0.4, 0.5) is 0 Å². The summed E-state index contributed by atoms with van der Waals surface area (Å²) >= 11 is 0. The molecule has 0 aliphatic rings. The molecule has 2 heteroatoms. The number of rotatable bonds is 11. The Morgan fingerprint density at radius 3 is 1.96 bits per heavy atom. The molecular weight excluding hydrogens is 332 g/mol. The lowest BCUT2D eigenvalue weighted by atomic mass is 10.0. The van der Waals surface area contributed by atoms with Crippen LogP contribution in [0.25, 0.3) is 0 Å². The molecule has 27 heavy (non-hydrogen) atoms. The van der Waals surface area contributed by atoms with Crippen LogP contribution < -0.4 is 4.74 Å². The van der Waals surface area contributed by atoms with Crippen molar-refractivity contribution in [3.8, 4) is 17.6 Å². The maximum Gasteiger partial charge on any atom is 0.119 e. The van der Waals surface area contributed by atoms with Gasteiger partial charge in [-0.05, 0) is 61.2 Å². The number of ether oxygens (including phenoxy) is 2. The first-order chi connectivity index (χ1) is 13.3. The molecule has 0 saturated heterocycles. The maximum atomic E-state index is 5.66. The molecular formula is C25H32O2. The summed E-state index contributed by atoms with van der Waals surface area (Å²) in [6.07, 6.45) is 7.42. The Kier molecular flexibility index (Phi) is 10.1. The van der Waals surface area contributed by atoms with Gasteiger partial charge in [0.25, 0.3) is 0 Å². The van der Waals surface area contributed by atoms with E-state index < -0.39 is 0 Å². The number of hydrogen-bond acceptors (Lipinski definition) is 2. The second kappa shape index (κ2) is 13.0. The number of unbranched alkanes of at least 4 members (excludes halogenated alkanes) is 3. The number of benzene rings is 2. The van der Waals surface area contributed by atoms with Crippen LogP contribution in [0.1, 0.15) is 62.6 Å². The smallest absolute Gasteiger partial charge is 0.119 e. The molecule has 0 spiro atoms. The van der Waals surface area contributed by atoms with Gasteiger partial charge in [0.2, 0.25) is 0 Å². The molecule has 0 N–H and O–H groups in total. The zero-order valence-electron chi connectivity index (χ0n) is 16.8. The quantitative estimate of drug-likeness (QED) is 0.359. The van der Waals surface area contributed by atoms with Crippen molar-refractivity contribution in [2.45, 2.75) is 52.4 Å². The van der Waals surface area contributed by atoms with Gasteiger partial charge in [-0.25, -0.2) is 0 Å². The summed E-state index contributed by atoms with van der Waals surface area (Å²) in [6, 6.07) is 16.6. The summed E-state index contributed by atoms with van der Waals surface area (Å²) in [7, 11) is 0. The van der Waals surface area contributed by atoms with Gasteiger partial charge >= 0.3 is 0 Å². The van der Waals surface area contributed by atoms with Gasteiger partial charge in [0.15, 0.2) is 0 Å². The standard InChI is InChI=1S/C25H32O2/c1-3-5-6-7-8-22-9-11-23(12-10-22)13-14-24-15-17-25(18-16-24)27-21-20-26-19-4-2/h9-12,15-18H,3-8,19-21H2,1-2H3. The molecule has 0 radical (unpaired) electrons. The number of hydrogen-bond donors (Lipinski definition) is 0. The summed E-state index contributed by atoms with van der Waals surface area (Å²) < 4.78 is 11.1. The molecule has 2 aromatic carbocycles. The molecule has 0 amide bonds. The van der Waals surface area contributed by atoms with Crippen LogP contribution in [-0.4, -0.2) is 19.8 Å². The molecule has 0 atom stereocenters. The van der Waals surface area contributed by atoms with Crippen molar-refractivity contribution in [3.05, 3.63) is 65.2 Å². The first kappa shape index (κ1) is 21.1. The molecule has 0 aromatic heterocycles. The third kappa shape index (κ3) is 8.80. The second-order valence-electron chi connectivity index (χ2n) is 6.74.